The second kappa shape index (κ2) is 11.3. The molecule has 1 spiro atoms. The van der Waals surface area contributed by atoms with Gasteiger partial charge in [-0.3, -0.25) is 10.1 Å². The van der Waals surface area contributed by atoms with Gasteiger partial charge in [-0.05, 0) is 49.4 Å². The van der Waals surface area contributed by atoms with E-state index in [9.17, 15) is 10.1 Å². The highest BCUT2D eigenvalue weighted by Crippen LogP contribution is 2.50. The molecule has 1 aliphatic carbocycles. The van der Waals surface area contributed by atoms with Crippen molar-refractivity contribution in [1.29, 1.82) is 0 Å². The first kappa shape index (κ1) is 28.3. The predicted molar refractivity (Wildman–Crippen MR) is 158 cm³/mol. The number of rotatable bonds is 13. The highest BCUT2D eigenvalue weighted by Gasteiger charge is 2.53. The van der Waals surface area contributed by atoms with Gasteiger partial charge in [-0.1, -0.05) is 19.6 Å². The van der Waals surface area contributed by atoms with Crippen LogP contribution in [0.1, 0.15) is 24.8 Å². The molecule has 1 saturated heterocycles. The van der Waals surface area contributed by atoms with E-state index in [0.717, 1.165) is 55.2 Å². The van der Waals surface area contributed by atoms with Gasteiger partial charge >= 0.3 is 5.69 Å². The minimum Gasteiger partial charge on any atom is -0.473 e. The summed E-state index contributed by atoms with van der Waals surface area (Å²) in [4.78, 5) is 22.4. The molecule has 12 heteroatoms. The highest BCUT2D eigenvalue weighted by molar-refractivity contribution is 6.76. The van der Waals surface area contributed by atoms with Crippen molar-refractivity contribution in [2.45, 2.75) is 64.2 Å². The Kier molecular flexibility index (Phi) is 8.02. The zero-order valence-electron chi connectivity index (χ0n) is 23.9. The molecule has 0 bridgehead atoms. The summed E-state index contributed by atoms with van der Waals surface area (Å²) in [6, 6.07) is 6.10. The van der Waals surface area contributed by atoms with E-state index >= 15 is 0 Å². The SMILES string of the molecule is COC1CC2(C1)CN(c1ccc([N+](=O)[O-])c(OCCCc3cn(COCC[Si](C)(C)C)c4nccc(N)c34)n1)C2. The van der Waals surface area contributed by atoms with Crippen LogP contribution in [-0.2, 0) is 22.6 Å². The van der Waals surface area contributed by atoms with E-state index in [-0.39, 0.29) is 18.2 Å². The summed E-state index contributed by atoms with van der Waals surface area (Å²) < 4.78 is 19.3. The normalized spacial score (nSPS) is 16.8. The number of pyridine rings is 2. The van der Waals surface area contributed by atoms with Gasteiger partial charge in [-0.2, -0.15) is 4.98 Å². The van der Waals surface area contributed by atoms with Crippen molar-refractivity contribution >= 4 is 36.3 Å². The number of anilines is 2. The molecule has 40 heavy (non-hydrogen) atoms. The fraction of sp³-hybridized carbons (Fsp3) is 0.571. The number of nitrogens with zero attached hydrogens (tertiary/aromatic N) is 5. The van der Waals surface area contributed by atoms with Crippen molar-refractivity contribution in [1.82, 2.24) is 14.5 Å². The maximum absolute atomic E-state index is 11.6. The lowest BCUT2D eigenvalue weighted by Gasteiger charge is -2.58. The van der Waals surface area contributed by atoms with Crippen LogP contribution >= 0.6 is 0 Å². The largest absolute Gasteiger partial charge is 0.473 e. The number of nitrogen functional groups attached to an aromatic ring is 1. The van der Waals surface area contributed by atoms with Crippen LogP contribution in [0, 0.1) is 15.5 Å². The fourth-order valence-corrected chi connectivity index (χ4v) is 6.44. The second-order valence-corrected chi connectivity index (χ2v) is 18.0. The lowest BCUT2D eigenvalue weighted by molar-refractivity contribution is -0.386. The van der Waals surface area contributed by atoms with Crippen molar-refractivity contribution < 1.29 is 19.1 Å². The standard InChI is InChI=1S/C28H40N6O5Si/c1-37-21-14-28(15-21)17-33(18-28)24-8-7-23(34(35)36)27(31-24)39-11-5-6-20-16-32(19-38-12-13-40(2,3)4)26-25(20)22(29)9-10-30-26/h7-10,16,21H,5-6,11-15,17-19H2,1-4H3,(H2,29,30). The van der Waals surface area contributed by atoms with Gasteiger partial charge in [0.25, 0.3) is 5.88 Å². The molecule has 2 N–H and O–H groups in total. The Morgan fingerprint density at radius 1 is 1.20 bits per heavy atom. The topological polar surface area (TPSA) is 131 Å². The van der Waals surface area contributed by atoms with Crippen molar-refractivity contribution in [3.63, 3.8) is 0 Å². The third kappa shape index (κ3) is 6.08. The van der Waals surface area contributed by atoms with Gasteiger partial charge < -0.3 is 29.4 Å². The minimum atomic E-state index is -1.17. The van der Waals surface area contributed by atoms with E-state index < -0.39 is 13.0 Å². The van der Waals surface area contributed by atoms with E-state index in [0.29, 0.717) is 42.6 Å². The molecule has 0 amide bonds. The Labute approximate surface area is 235 Å². The van der Waals surface area contributed by atoms with Crippen LogP contribution < -0.4 is 15.4 Å². The Morgan fingerprint density at radius 3 is 2.67 bits per heavy atom. The maximum Gasteiger partial charge on any atom is 0.331 e. The van der Waals surface area contributed by atoms with E-state index in [2.05, 4.69) is 34.5 Å². The minimum absolute atomic E-state index is 0.0613. The van der Waals surface area contributed by atoms with Crippen molar-refractivity contribution in [3.8, 4) is 5.88 Å². The summed E-state index contributed by atoms with van der Waals surface area (Å²) in [7, 11) is 0.583. The molecule has 1 aliphatic heterocycles. The Morgan fingerprint density at radius 2 is 1.98 bits per heavy atom. The van der Waals surface area contributed by atoms with Crippen LogP contribution in [0.5, 0.6) is 5.88 Å². The lowest BCUT2D eigenvalue weighted by Crippen LogP contribution is -2.64. The van der Waals surface area contributed by atoms with Gasteiger partial charge in [-0.25, -0.2) is 4.98 Å². The first-order chi connectivity index (χ1) is 19.1. The third-order valence-electron chi connectivity index (χ3n) is 7.98. The molecule has 3 aromatic rings. The molecule has 216 valence electrons. The molecular formula is C28H40N6O5Si. The zero-order valence-corrected chi connectivity index (χ0v) is 24.9. The number of hydrogen-bond acceptors (Lipinski definition) is 9. The number of hydrogen-bond donors (Lipinski definition) is 1. The number of nitrogens with two attached hydrogens (primary N) is 1. The average Bonchev–Trinajstić information content (AvgIpc) is 3.21. The summed E-state index contributed by atoms with van der Waals surface area (Å²) in [6.45, 7) is 10.2. The molecule has 2 aliphatic rings. The molecule has 0 aromatic carbocycles. The fourth-order valence-electron chi connectivity index (χ4n) is 5.69. The smallest absolute Gasteiger partial charge is 0.331 e. The molecule has 3 aromatic heterocycles. The molecule has 1 saturated carbocycles. The molecule has 0 unspecified atom stereocenters. The first-order valence-electron chi connectivity index (χ1n) is 13.9. The van der Waals surface area contributed by atoms with Gasteiger partial charge in [-0.15, -0.1) is 0 Å². The molecular weight excluding hydrogens is 528 g/mol. The van der Waals surface area contributed by atoms with E-state index in [1.807, 2.05) is 10.8 Å². The van der Waals surface area contributed by atoms with Crippen LogP contribution in [-0.4, -0.2) is 67.0 Å². The van der Waals surface area contributed by atoms with E-state index in [1.54, 1.807) is 25.4 Å². The summed E-state index contributed by atoms with van der Waals surface area (Å²) in [5, 5.41) is 12.6. The number of aryl methyl sites for hydroxylation is 1. The number of nitro groups is 1. The van der Waals surface area contributed by atoms with Crippen LogP contribution in [0.25, 0.3) is 11.0 Å². The summed E-state index contributed by atoms with van der Waals surface area (Å²) in [5.41, 5.74) is 9.01. The second-order valence-electron chi connectivity index (χ2n) is 12.4. The van der Waals surface area contributed by atoms with Crippen LogP contribution in [0.3, 0.4) is 0 Å². The Bertz CT molecular complexity index is 1360. The Hall–Kier alpha value is -3.22. The van der Waals surface area contributed by atoms with Crippen molar-refractivity contribution in [3.05, 3.63) is 46.3 Å². The summed E-state index contributed by atoms with van der Waals surface area (Å²) >= 11 is 0. The summed E-state index contributed by atoms with van der Waals surface area (Å²) in [6.07, 6.45) is 7.51. The predicted octanol–water partition coefficient (Wildman–Crippen LogP) is 4.86. The number of aromatic nitrogens is 3. The Balaban J connectivity index is 1.20. The third-order valence-corrected chi connectivity index (χ3v) is 9.68. The van der Waals surface area contributed by atoms with Gasteiger partial charge in [0.2, 0.25) is 0 Å². The molecule has 11 nitrogen and oxygen atoms in total. The number of ether oxygens (including phenoxy) is 3. The van der Waals surface area contributed by atoms with E-state index in [4.69, 9.17) is 19.9 Å². The number of methoxy groups -OCH3 is 1. The molecule has 4 heterocycles. The molecule has 0 radical (unpaired) electrons. The lowest BCUT2D eigenvalue weighted by atomic mass is 9.62. The van der Waals surface area contributed by atoms with Gasteiger partial charge in [0.1, 0.15) is 18.2 Å². The van der Waals surface area contributed by atoms with Gasteiger partial charge in [0.15, 0.2) is 0 Å². The van der Waals surface area contributed by atoms with Crippen molar-refractivity contribution in [2.75, 3.05) is 44.0 Å². The average molecular weight is 569 g/mol. The molecule has 0 atom stereocenters. The highest BCUT2D eigenvalue weighted by atomic mass is 28.3. The number of fused-ring (bicyclic) bond motifs is 1. The van der Waals surface area contributed by atoms with Crippen LogP contribution in [0.2, 0.25) is 25.7 Å². The monoisotopic (exact) mass is 568 g/mol. The molecule has 5 rings (SSSR count). The van der Waals surface area contributed by atoms with Crippen molar-refractivity contribution in [2.24, 2.45) is 5.41 Å². The van der Waals surface area contributed by atoms with Gasteiger partial charge in [0, 0.05) is 69.8 Å². The van der Waals surface area contributed by atoms with Gasteiger partial charge in [0.05, 0.1) is 17.6 Å². The van der Waals surface area contributed by atoms with Crippen LogP contribution in [0.15, 0.2) is 30.6 Å². The summed E-state index contributed by atoms with van der Waals surface area (Å²) in [5.74, 6) is 0.773. The first-order valence-corrected chi connectivity index (χ1v) is 17.6. The van der Waals surface area contributed by atoms with Crippen LogP contribution in [0.4, 0.5) is 17.2 Å². The quantitative estimate of drug-likeness (QED) is 0.133. The molecule has 2 fully saturated rings. The zero-order chi connectivity index (χ0) is 28.5. The van der Waals surface area contributed by atoms with E-state index in [1.165, 1.54) is 6.07 Å². The maximum atomic E-state index is 11.6.